The Kier molecular flexibility index (Phi) is 3.67. The van der Waals surface area contributed by atoms with Crippen LogP contribution in [0.4, 0.5) is 0 Å². The van der Waals surface area contributed by atoms with Crippen molar-refractivity contribution in [3.63, 3.8) is 0 Å². The lowest BCUT2D eigenvalue weighted by molar-refractivity contribution is 0.0926. The number of allylic oxidation sites excluding steroid dienone is 2. The third-order valence-electron chi connectivity index (χ3n) is 1.48. The van der Waals surface area contributed by atoms with Crippen molar-refractivity contribution in [1.29, 1.82) is 0 Å². The van der Waals surface area contributed by atoms with Crippen LogP contribution < -0.4 is 5.43 Å². The molecule has 0 aliphatic rings. The quantitative estimate of drug-likeness (QED) is 0.587. The van der Waals surface area contributed by atoms with Crippen LogP contribution >= 0.6 is 0 Å². The van der Waals surface area contributed by atoms with Crippen molar-refractivity contribution in [1.82, 2.24) is 5.43 Å². The van der Waals surface area contributed by atoms with Gasteiger partial charge in [0.15, 0.2) is 5.76 Å². The zero-order chi connectivity index (χ0) is 10.4. The van der Waals surface area contributed by atoms with Gasteiger partial charge >= 0.3 is 5.91 Å². The van der Waals surface area contributed by atoms with Crippen LogP contribution in [0.5, 0.6) is 0 Å². The molecule has 1 aromatic heterocycles. The highest BCUT2D eigenvalue weighted by Gasteiger charge is 2.07. The van der Waals surface area contributed by atoms with Gasteiger partial charge in [-0.15, -0.1) is 0 Å². The molecule has 0 saturated heterocycles. The van der Waals surface area contributed by atoms with E-state index < -0.39 is 0 Å². The van der Waals surface area contributed by atoms with Crippen molar-refractivity contribution < 1.29 is 9.21 Å². The van der Waals surface area contributed by atoms with Crippen LogP contribution in [-0.4, -0.2) is 12.1 Å². The van der Waals surface area contributed by atoms with E-state index in [1.807, 2.05) is 13.0 Å². The molecule has 1 heterocycles. The molecule has 0 saturated carbocycles. The summed E-state index contributed by atoms with van der Waals surface area (Å²) in [5, 5.41) is 3.68. The van der Waals surface area contributed by atoms with Gasteiger partial charge in [0, 0.05) is 6.21 Å². The molecule has 0 bridgehead atoms. The number of hydrogen-bond acceptors (Lipinski definition) is 3. The molecule has 14 heavy (non-hydrogen) atoms. The molecule has 1 rings (SSSR count). The average Bonchev–Trinajstić information content (AvgIpc) is 2.59. The Morgan fingerprint density at radius 1 is 1.57 bits per heavy atom. The predicted octanol–water partition coefficient (Wildman–Crippen LogP) is 1.88. The Labute approximate surface area is 82.3 Å². The maximum absolute atomic E-state index is 11.3. The number of hydrogen-bond donors (Lipinski definition) is 1. The summed E-state index contributed by atoms with van der Waals surface area (Å²) >= 11 is 0. The average molecular weight is 192 g/mol. The molecule has 0 fully saturated rings. The fourth-order valence-corrected chi connectivity index (χ4v) is 0.837. The molecule has 0 aliphatic heterocycles. The summed E-state index contributed by atoms with van der Waals surface area (Å²) in [5.74, 6) is 0.617. The highest BCUT2D eigenvalue weighted by Crippen LogP contribution is 2.05. The van der Waals surface area contributed by atoms with E-state index in [0.29, 0.717) is 5.76 Å². The summed E-state index contributed by atoms with van der Waals surface area (Å²) in [4.78, 5) is 11.3. The van der Waals surface area contributed by atoms with Crippen LogP contribution in [0.3, 0.4) is 0 Å². The van der Waals surface area contributed by atoms with Crippen LogP contribution in [0.25, 0.3) is 0 Å². The number of aryl methyl sites for hydroxylation is 1. The standard InChI is InChI=1S/C10H12N2O2/c1-3-4-7-11-12-10(13)9-6-5-8(2)14-9/h3-7H,1-2H3,(H,12,13)/b4-3+,11-7+. The second-order valence-electron chi connectivity index (χ2n) is 2.66. The molecule has 0 spiro atoms. The molecule has 4 nitrogen and oxygen atoms in total. The van der Waals surface area contributed by atoms with E-state index in [2.05, 4.69) is 10.5 Å². The van der Waals surface area contributed by atoms with E-state index in [4.69, 9.17) is 4.42 Å². The number of nitrogens with zero attached hydrogens (tertiary/aromatic N) is 1. The third kappa shape index (κ3) is 2.90. The van der Waals surface area contributed by atoms with E-state index in [1.165, 1.54) is 6.21 Å². The highest BCUT2D eigenvalue weighted by molar-refractivity contribution is 5.91. The van der Waals surface area contributed by atoms with Crippen LogP contribution in [-0.2, 0) is 0 Å². The normalized spacial score (nSPS) is 11.3. The number of carbonyl (C=O) groups excluding carboxylic acids is 1. The molecule has 1 amide bonds. The van der Waals surface area contributed by atoms with Gasteiger partial charge in [0.05, 0.1) is 0 Å². The summed E-state index contributed by atoms with van der Waals surface area (Å²) < 4.78 is 5.10. The maximum Gasteiger partial charge on any atom is 0.307 e. The number of furan rings is 1. The van der Waals surface area contributed by atoms with E-state index >= 15 is 0 Å². The van der Waals surface area contributed by atoms with Gasteiger partial charge in [-0.2, -0.15) is 5.10 Å². The van der Waals surface area contributed by atoms with Crippen molar-refractivity contribution in [3.05, 3.63) is 35.8 Å². The lowest BCUT2D eigenvalue weighted by atomic mass is 10.4. The minimum atomic E-state index is -0.348. The van der Waals surface area contributed by atoms with Gasteiger partial charge < -0.3 is 4.42 Å². The first-order chi connectivity index (χ1) is 6.74. The number of hydrazone groups is 1. The minimum Gasteiger partial charge on any atom is -0.456 e. The van der Waals surface area contributed by atoms with Gasteiger partial charge in [0.2, 0.25) is 0 Å². The molecular formula is C10H12N2O2. The fourth-order valence-electron chi connectivity index (χ4n) is 0.837. The molecule has 0 aliphatic carbocycles. The van der Waals surface area contributed by atoms with Crippen LogP contribution in [0, 0.1) is 6.92 Å². The van der Waals surface area contributed by atoms with Crippen molar-refractivity contribution in [2.24, 2.45) is 5.10 Å². The number of nitrogens with one attached hydrogen (secondary N) is 1. The van der Waals surface area contributed by atoms with Crippen molar-refractivity contribution in [2.75, 3.05) is 0 Å². The van der Waals surface area contributed by atoms with Gasteiger partial charge in [-0.05, 0) is 32.1 Å². The fraction of sp³-hybridized carbons (Fsp3) is 0.200. The summed E-state index contributed by atoms with van der Waals surface area (Å²) in [6.45, 7) is 3.64. The second-order valence-corrected chi connectivity index (χ2v) is 2.66. The summed E-state index contributed by atoms with van der Waals surface area (Å²) in [6.07, 6.45) is 5.02. The lowest BCUT2D eigenvalue weighted by Gasteiger charge is -1.93. The maximum atomic E-state index is 11.3. The third-order valence-corrected chi connectivity index (χ3v) is 1.48. The Balaban J connectivity index is 2.51. The summed E-state index contributed by atoms with van der Waals surface area (Å²) in [6, 6.07) is 3.33. The highest BCUT2D eigenvalue weighted by atomic mass is 16.3. The molecular weight excluding hydrogens is 180 g/mol. The molecule has 0 radical (unpaired) electrons. The Morgan fingerprint density at radius 3 is 2.93 bits per heavy atom. The molecule has 1 aromatic rings. The van der Waals surface area contributed by atoms with Crippen LogP contribution in [0.2, 0.25) is 0 Å². The van der Waals surface area contributed by atoms with Gasteiger partial charge in [0.1, 0.15) is 5.76 Å². The number of carbonyl (C=O) groups is 1. The topological polar surface area (TPSA) is 54.6 Å². The van der Waals surface area contributed by atoms with E-state index in [9.17, 15) is 4.79 Å². The first-order valence-corrected chi connectivity index (χ1v) is 4.25. The number of amides is 1. The zero-order valence-corrected chi connectivity index (χ0v) is 8.15. The van der Waals surface area contributed by atoms with Crippen molar-refractivity contribution in [2.45, 2.75) is 13.8 Å². The van der Waals surface area contributed by atoms with Gasteiger partial charge in [-0.3, -0.25) is 4.79 Å². The Morgan fingerprint density at radius 2 is 2.36 bits per heavy atom. The van der Waals surface area contributed by atoms with Crippen LogP contribution in [0.15, 0.2) is 33.8 Å². The first kappa shape index (κ1) is 10.2. The van der Waals surface area contributed by atoms with Crippen molar-refractivity contribution in [3.8, 4) is 0 Å². The molecule has 74 valence electrons. The van der Waals surface area contributed by atoms with Gasteiger partial charge in [-0.1, -0.05) is 6.08 Å². The smallest absolute Gasteiger partial charge is 0.307 e. The predicted molar refractivity (Wildman–Crippen MR) is 54.2 cm³/mol. The lowest BCUT2D eigenvalue weighted by Crippen LogP contribution is -2.16. The molecule has 0 aromatic carbocycles. The van der Waals surface area contributed by atoms with Crippen molar-refractivity contribution >= 4 is 12.1 Å². The molecule has 0 atom stereocenters. The molecule has 1 N–H and O–H groups in total. The minimum absolute atomic E-state index is 0.264. The second kappa shape index (κ2) is 5.01. The van der Waals surface area contributed by atoms with E-state index in [-0.39, 0.29) is 11.7 Å². The van der Waals surface area contributed by atoms with Gasteiger partial charge in [-0.25, -0.2) is 5.43 Å². The van der Waals surface area contributed by atoms with Crippen LogP contribution in [0.1, 0.15) is 23.2 Å². The molecule has 0 unspecified atom stereocenters. The Hall–Kier alpha value is -1.84. The molecule has 4 heteroatoms. The van der Waals surface area contributed by atoms with E-state index in [0.717, 1.165) is 0 Å². The summed E-state index contributed by atoms with van der Waals surface area (Å²) in [7, 11) is 0. The van der Waals surface area contributed by atoms with E-state index in [1.54, 1.807) is 25.1 Å². The zero-order valence-electron chi connectivity index (χ0n) is 8.15. The largest absolute Gasteiger partial charge is 0.456 e. The number of rotatable bonds is 3. The Bertz CT molecular complexity index is 364. The SMILES string of the molecule is C/C=C/C=N/NC(=O)c1ccc(C)o1. The first-order valence-electron chi connectivity index (χ1n) is 4.25. The monoisotopic (exact) mass is 192 g/mol. The summed E-state index contributed by atoms with van der Waals surface area (Å²) in [5.41, 5.74) is 2.33. The van der Waals surface area contributed by atoms with Gasteiger partial charge in [0.25, 0.3) is 0 Å².